The van der Waals surface area contributed by atoms with Gasteiger partial charge in [-0.3, -0.25) is 4.79 Å². The number of nitrogens with zero attached hydrogens (tertiary/aromatic N) is 2. The van der Waals surface area contributed by atoms with Crippen molar-refractivity contribution in [3.05, 3.63) is 65.0 Å². The highest BCUT2D eigenvalue weighted by molar-refractivity contribution is 5.98. The molecule has 1 aliphatic rings. The smallest absolute Gasteiger partial charge is 0.173 e. The van der Waals surface area contributed by atoms with Crippen molar-refractivity contribution in [3.8, 4) is 0 Å². The van der Waals surface area contributed by atoms with Crippen molar-refractivity contribution in [2.45, 2.75) is 25.3 Å². The molecule has 2 aromatic carbocycles. The Hall–Kier alpha value is -2.34. The van der Waals surface area contributed by atoms with Crippen molar-refractivity contribution < 1.29 is 18.0 Å². The fourth-order valence-electron chi connectivity index (χ4n) is 3.56. The molecule has 144 valence electrons. The zero-order valence-corrected chi connectivity index (χ0v) is 15.5. The average molecular weight is 376 g/mol. The van der Waals surface area contributed by atoms with E-state index in [1.54, 1.807) is 6.07 Å². The lowest BCUT2D eigenvalue weighted by Gasteiger charge is -2.36. The number of ketones is 1. The van der Waals surface area contributed by atoms with Crippen LogP contribution in [-0.4, -0.2) is 43.9 Å². The first-order valence-electron chi connectivity index (χ1n) is 9.03. The molecule has 3 nitrogen and oxygen atoms in total. The quantitative estimate of drug-likeness (QED) is 0.736. The normalized spacial score (nSPS) is 15.7. The molecule has 0 radical (unpaired) electrons. The molecule has 0 aromatic heterocycles. The average Bonchev–Trinajstić information content (AvgIpc) is 2.61. The molecule has 1 fully saturated rings. The lowest BCUT2D eigenvalue weighted by atomic mass is 10.00. The number of rotatable bonds is 5. The summed E-state index contributed by atoms with van der Waals surface area (Å²) in [6.45, 7) is 2.08. The minimum Gasteiger partial charge on any atom is -0.372 e. The third kappa shape index (κ3) is 4.50. The maximum atomic E-state index is 13.8. The molecule has 0 aliphatic carbocycles. The summed E-state index contributed by atoms with van der Waals surface area (Å²) in [5, 5.41) is 0. The molecule has 0 saturated carbocycles. The van der Waals surface area contributed by atoms with Crippen LogP contribution in [-0.2, 0) is 6.42 Å². The largest absolute Gasteiger partial charge is 0.372 e. The van der Waals surface area contributed by atoms with E-state index in [0.717, 1.165) is 31.6 Å². The molecule has 27 heavy (non-hydrogen) atoms. The molecule has 0 amide bonds. The van der Waals surface area contributed by atoms with E-state index in [1.165, 1.54) is 0 Å². The molecular weight excluding hydrogens is 353 g/mol. The molecule has 1 aliphatic heterocycles. The molecule has 1 saturated heterocycles. The fourth-order valence-corrected chi connectivity index (χ4v) is 3.56. The summed E-state index contributed by atoms with van der Waals surface area (Å²) in [6.07, 6.45) is 1.97. The van der Waals surface area contributed by atoms with Gasteiger partial charge < -0.3 is 9.80 Å². The van der Waals surface area contributed by atoms with Crippen molar-refractivity contribution in [2.75, 3.05) is 32.1 Å². The molecule has 0 spiro atoms. The molecule has 1 heterocycles. The van der Waals surface area contributed by atoms with E-state index in [0.29, 0.717) is 23.7 Å². The molecule has 6 heteroatoms. The summed E-state index contributed by atoms with van der Waals surface area (Å²) in [7, 11) is 4.13. The van der Waals surface area contributed by atoms with Crippen molar-refractivity contribution in [3.63, 3.8) is 0 Å². The van der Waals surface area contributed by atoms with Crippen LogP contribution < -0.4 is 4.90 Å². The van der Waals surface area contributed by atoms with Crippen LogP contribution in [0.25, 0.3) is 0 Å². The van der Waals surface area contributed by atoms with Gasteiger partial charge in [0.25, 0.3) is 0 Å². The predicted octanol–water partition coefficient (Wildman–Crippen LogP) is 4.06. The summed E-state index contributed by atoms with van der Waals surface area (Å²) in [6, 6.07) is 8.89. The Morgan fingerprint density at radius 1 is 1.11 bits per heavy atom. The van der Waals surface area contributed by atoms with Crippen LogP contribution in [0.15, 0.2) is 36.4 Å². The van der Waals surface area contributed by atoms with Gasteiger partial charge in [-0.15, -0.1) is 0 Å². The van der Waals surface area contributed by atoms with Crippen molar-refractivity contribution in [2.24, 2.45) is 0 Å². The van der Waals surface area contributed by atoms with Gasteiger partial charge in [-0.25, -0.2) is 13.2 Å². The number of hydrogen-bond acceptors (Lipinski definition) is 3. The van der Waals surface area contributed by atoms with Gasteiger partial charge in [0, 0.05) is 37.3 Å². The van der Waals surface area contributed by atoms with Crippen LogP contribution in [0, 0.1) is 17.5 Å². The number of piperidine rings is 1. The van der Waals surface area contributed by atoms with Crippen LogP contribution in [0.3, 0.4) is 0 Å². The van der Waals surface area contributed by atoms with E-state index in [4.69, 9.17) is 0 Å². The van der Waals surface area contributed by atoms with E-state index in [1.807, 2.05) is 25.2 Å². The Kier molecular flexibility index (Phi) is 5.85. The van der Waals surface area contributed by atoms with Crippen molar-refractivity contribution in [1.82, 2.24) is 4.90 Å². The maximum absolute atomic E-state index is 13.8. The van der Waals surface area contributed by atoms with E-state index < -0.39 is 28.8 Å². The van der Waals surface area contributed by atoms with E-state index in [2.05, 4.69) is 16.8 Å². The van der Waals surface area contributed by atoms with Gasteiger partial charge in [0.1, 0.15) is 17.5 Å². The van der Waals surface area contributed by atoms with E-state index in [9.17, 15) is 18.0 Å². The monoisotopic (exact) mass is 376 g/mol. The van der Waals surface area contributed by atoms with E-state index in [-0.39, 0.29) is 6.42 Å². The summed E-state index contributed by atoms with van der Waals surface area (Å²) in [5.74, 6) is -4.08. The molecule has 0 N–H and O–H groups in total. The topological polar surface area (TPSA) is 23.6 Å². The Morgan fingerprint density at radius 2 is 1.74 bits per heavy atom. The highest BCUT2D eigenvalue weighted by Crippen LogP contribution is 2.24. The first-order chi connectivity index (χ1) is 12.8. The van der Waals surface area contributed by atoms with Gasteiger partial charge in [-0.05, 0) is 50.7 Å². The Labute approximate surface area is 157 Å². The van der Waals surface area contributed by atoms with Gasteiger partial charge in [0.15, 0.2) is 5.78 Å². The minimum absolute atomic E-state index is 0.144. The number of carbonyl (C=O) groups excluding carboxylic acids is 1. The zero-order chi connectivity index (χ0) is 19.6. The van der Waals surface area contributed by atoms with Crippen molar-refractivity contribution >= 4 is 11.5 Å². The first-order valence-corrected chi connectivity index (χ1v) is 9.03. The fraction of sp³-hybridized carbons (Fsp3) is 0.381. The molecule has 0 atom stereocenters. The highest BCUT2D eigenvalue weighted by Gasteiger charge is 2.22. The van der Waals surface area contributed by atoms with Gasteiger partial charge in [-0.1, -0.05) is 12.1 Å². The Bertz CT molecular complexity index is 809. The third-order valence-corrected chi connectivity index (χ3v) is 5.20. The summed E-state index contributed by atoms with van der Waals surface area (Å²) in [4.78, 5) is 16.9. The number of carbonyl (C=O) groups is 1. The SMILES string of the molecule is CN1CCC(N(C)c2cccc(CC(=O)c3c(F)cc(F)cc3F)c2)CC1. The lowest BCUT2D eigenvalue weighted by Crippen LogP contribution is -2.42. The number of benzene rings is 2. The second kappa shape index (κ2) is 8.13. The number of Topliss-reactive ketones (excluding diaryl/α,β-unsaturated/α-hetero) is 1. The number of halogens is 3. The van der Waals surface area contributed by atoms with Crippen LogP contribution in [0.4, 0.5) is 18.9 Å². The standard InChI is InChI=1S/C21H23F3N2O/c1-25-8-6-16(7-9-25)26(2)17-5-3-4-14(10-17)11-20(27)21-18(23)12-15(22)13-19(21)24/h3-5,10,12-13,16H,6-9,11H2,1-2H3. The first kappa shape index (κ1) is 19.4. The second-order valence-electron chi connectivity index (χ2n) is 7.16. The summed E-state index contributed by atoms with van der Waals surface area (Å²) < 4.78 is 40.7. The zero-order valence-electron chi connectivity index (χ0n) is 15.5. The number of likely N-dealkylation sites (tertiary alicyclic amines) is 1. The van der Waals surface area contributed by atoms with Crippen LogP contribution in [0.5, 0.6) is 0 Å². The molecule has 0 bridgehead atoms. The van der Waals surface area contributed by atoms with Crippen molar-refractivity contribution in [1.29, 1.82) is 0 Å². The summed E-state index contributed by atoms with van der Waals surface area (Å²) in [5.41, 5.74) is 0.945. The Morgan fingerprint density at radius 3 is 2.37 bits per heavy atom. The number of hydrogen-bond donors (Lipinski definition) is 0. The molecule has 0 unspecified atom stereocenters. The third-order valence-electron chi connectivity index (χ3n) is 5.20. The van der Waals surface area contributed by atoms with Gasteiger partial charge in [0.05, 0.1) is 5.56 Å². The Balaban J connectivity index is 1.75. The van der Waals surface area contributed by atoms with Gasteiger partial charge in [0.2, 0.25) is 0 Å². The van der Waals surface area contributed by atoms with Crippen LogP contribution in [0.2, 0.25) is 0 Å². The van der Waals surface area contributed by atoms with Gasteiger partial charge in [-0.2, -0.15) is 0 Å². The molecular formula is C21H23F3N2O. The summed E-state index contributed by atoms with van der Waals surface area (Å²) >= 11 is 0. The lowest BCUT2D eigenvalue weighted by molar-refractivity contribution is 0.0984. The minimum atomic E-state index is -1.17. The molecule has 3 rings (SSSR count). The second-order valence-corrected chi connectivity index (χ2v) is 7.16. The van der Waals surface area contributed by atoms with E-state index >= 15 is 0 Å². The van der Waals surface area contributed by atoms with Gasteiger partial charge >= 0.3 is 0 Å². The van der Waals surface area contributed by atoms with Crippen LogP contribution >= 0.6 is 0 Å². The number of anilines is 1. The predicted molar refractivity (Wildman–Crippen MR) is 99.7 cm³/mol. The maximum Gasteiger partial charge on any atom is 0.173 e. The van der Waals surface area contributed by atoms with Crippen LogP contribution in [0.1, 0.15) is 28.8 Å². The molecule has 2 aromatic rings. The highest BCUT2D eigenvalue weighted by atomic mass is 19.1.